The van der Waals surface area contributed by atoms with Crippen LogP contribution in [0.15, 0.2) is 24.3 Å². The predicted molar refractivity (Wildman–Crippen MR) is 133 cm³/mol. The van der Waals surface area contributed by atoms with E-state index in [-0.39, 0.29) is 49.5 Å². The first-order valence-corrected chi connectivity index (χ1v) is 11.7. The molecule has 0 heterocycles. The number of carbonyl (C=O) groups excluding carboxylic acids is 4. The highest BCUT2D eigenvalue weighted by atomic mass is 16.2. The van der Waals surface area contributed by atoms with Crippen LogP contribution in [-0.2, 0) is 25.6 Å². The van der Waals surface area contributed by atoms with Crippen LogP contribution in [-0.4, -0.2) is 68.2 Å². The summed E-state index contributed by atoms with van der Waals surface area (Å²) < 4.78 is 0. The third kappa shape index (κ3) is 13.1. The highest BCUT2D eigenvalue weighted by molar-refractivity contribution is 5.95. The fourth-order valence-corrected chi connectivity index (χ4v) is 3.10. The Balaban J connectivity index is 2.50. The highest BCUT2D eigenvalue weighted by Crippen LogP contribution is 2.05. The maximum absolute atomic E-state index is 12.5. The lowest BCUT2D eigenvalue weighted by Crippen LogP contribution is -2.49. The second-order valence-corrected chi connectivity index (χ2v) is 8.00. The van der Waals surface area contributed by atoms with Crippen molar-refractivity contribution in [2.75, 3.05) is 32.7 Å². The van der Waals surface area contributed by atoms with Gasteiger partial charge in [0.25, 0.3) is 0 Å². The topological polar surface area (TPSA) is 218 Å². The van der Waals surface area contributed by atoms with Gasteiger partial charge in [-0.15, -0.1) is 0 Å². The summed E-state index contributed by atoms with van der Waals surface area (Å²) in [6.45, 7) is 1.30. The standard InChI is InChI=1S/C23H38N8O4/c24-10-3-13-29-23(35)18(4-1-2-12-28-19(32)9-11-25)31-21(34)15-30-20(33)14-16-5-7-17(8-6-16)22(26)27/h5-8,18H,1-4,9-15,24-25H2,(H3,26,27)(H,28,32)(H,29,35)(H,30,33)(H,31,34). The van der Waals surface area contributed by atoms with Gasteiger partial charge in [0.15, 0.2) is 0 Å². The maximum atomic E-state index is 12.5. The Labute approximate surface area is 205 Å². The number of benzene rings is 1. The molecule has 1 atom stereocenters. The number of nitrogen functional groups attached to an aromatic ring is 1. The number of carbonyl (C=O) groups is 4. The Bertz CT molecular complexity index is 844. The average Bonchev–Trinajstić information content (AvgIpc) is 2.82. The second-order valence-electron chi connectivity index (χ2n) is 8.00. The molecule has 0 radical (unpaired) electrons. The first-order valence-electron chi connectivity index (χ1n) is 11.7. The Kier molecular flexibility index (Phi) is 14.3. The van der Waals surface area contributed by atoms with E-state index in [9.17, 15) is 19.2 Å². The summed E-state index contributed by atoms with van der Waals surface area (Å²) in [6.07, 6.45) is 2.55. The fraction of sp³-hybridized carbons (Fsp3) is 0.522. The van der Waals surface area contributed by atoms with Gasteiger partial charge >= 0.3 is 0 Å². The summed E-state index contributed by atoms with van der Waals surface area (Å²) in [6, 6.07) is 5.91. The Hall–Kier alpha value is -3.51. The SMILES string of the molecule is N=C(N)c1ccc(CC(=O)NCC(=O)NC(CCCCNC(=O)CCN)C(=O)NCCCN)cc1. The van der Waals surface area contributed by atoms with Crippen molar-refractivity contribution in [3.05, 3.63) is 35.4 Å². The van der Waals surface area contributed by atoms with Crippen molar-refractivity contribution >= 4 is 29.5 Å². The summed E-state index contributed by atoms with van der Waals surface area (Å²) in [5.74, 6) is -1.35. The molecule has 12 heteroatoms. The molecule has 0 aliphatic rings. The number of amidine groups is 1. The van der Waals surface area contributed by atoms with E-state index in [1.807, 2.05) is 0 Å². The minimum absolute atomic E-state index is 0.0596. The summed E-state index contributed by atoms with van der Waals surface area (Å²) in [4.78, 5) is 48.5. The number of hydrogen-bond donors (Lipinski definition) is 8. The zero-order valence-corrected chi connectivity index (χ0v) is 20.0. The van der Waals surface area contributed by atoms with E-state index in [0.29, 0.717) is 56.4 Å². The molecule has 0 aliphatic carbocycles. The molecule has 0 fully saturated rings. The molecule has 1 rings (SSSR count). The van der Waals surface area contributed by atoms with Crippen molar-refractivity contribution in [2.24, 2.45) is 17.2 Å². The lowest BCUT2D eigenvalue weighted by molar-refractivity contribution is -0.129. The van der Waals surface area contributed by atoms with Gasteiger partial charge < -0.3 is 38.5 Å². The Morgan fingerprint density at radius 3 is 2.14 bits per heavy atom. The van der Waals surface area contributed by atoms with Gasteiger partial charge in [0, 0.05) is 31.6 Å². The van der Waals surface area contributed by atoms with E-state index in [0.717, 1.165) is 0 Å². The molecule has 1 aromatic carbocycles. The number of amides is 4. The lowest BCUT2D eigenvalue weighted by atomic mass is 10.1. The van der Waals surface area contributed by atoms with Crippen molar-refractivity contribution in [2.45, 2.75) is 44.6 Å². The monoisotopic (exact) mass is 490 g/mol. The van der Waals surface area contributed by atoms with E-state index >= 15 is 0 Å². The van der Waals surface area contributed by atoms with Gasteiger partial charge in [0.05, 0.1) is 13.0 Å². The molecular weight excluding hydrogens is 452 g/mol. The minimum Gasteiger partial charge on any atom is -0.384 e. The highest BCUT2D eigenvalue weighted by Gasteiger charge is 2.20. The molecule has 0 aromatic heterocycles. The van der Waals surface area contributed by atoms with Crippen LogP contribution in [0.2, 0.25) is 0 Å². The second kappa shape index (κ2) is 17.0. The van der Waals surface area contributed by atoms with Crippen LogP contribution in [0.1, 0.15) is 43.2 Å². The number of rotatable bonds is 17. The molecule has 11 N–H and O–H groups in total. The quantitative estimate of drug-likeness (QED) is 0.0711. The zero-order valence-electron chi connectivity index (χ0n) is 20.0. The first kappa shape index (κ1) is 29.5. The molecule has 1 aromatic rings. The smallest absolute Gasteiger partial charge is 0.242 e. The van der Waals surface area contributed by atoms with E-state index < -0.39 is 11.9 Å². The van der Waals surface area contributed by atoms with Crippen LogP contribution in [0.25, 0.3) is 0 Å². The minimum atomic E-state index is -0.768. The van der Waals surface area contributed by atoms with E-state index in [1.54, 1.807) is 24.3 Å². The van der Waals surface area contributed by atoms with Crippen molar-refractivity contribution in [1.29, 1.82) is 5.41 Å². The molecule has 35 heavy (non-hydrogen) atoms. The molecule has 0 saturated carbocycles. The summed E-state index contributed by atoms with van der Waals surface area (Å²) in [7, 11) is 0. The molecule has 0 aliphatic heterocycles. The third-order valence-corrected chi connectivity index (χ3v) is 5.02. The molecule has 1 unspecified atom stereocenters. The number of nitrogens with two attached hydrogens (primary N) is 3. The predicted octanol–water partition coefficient (Wildman–Crippen LogP) is -1.79. The molecule has 4 amide bonds. The van der Waals surface area contributed by atoms with Crippen LogP contribution >= 0.6 is 0 Å². The van der Waals surface area contributed by atoms with Gasteiger partial charge in [-0.05, 0) is 37.8 Å². The molecule has 0 saturated heterocycles. The largest absolute Gasteiger partial charge is 0.384 e. The van der Waals surface area contributed by atoms with E-state index in [4.69, 9.17) is 22.6 Å². The zero-order chi connectivity index (χ0) is 26.1. The third-order valence-electron chi connectivity index (χ3n) is 5.02. The number of unbranched alkanes of at least 4 members (excludes halogenated alkanes) is 1. The van der Waals surface area contributed by atoms with E-state index in [1.165, 1.54) is 0 Å². The van der Waals surface area contributed by atoms with Crippen molar-refractivity contribution in [3.8, 4) is 0 Å². The van der Waals surface area contributed by atoms with Crippen molar-refractivity contribution in [1.82, 2.24) is 21.3 Å². The lowest BCUT2D eigenvalue weighted by Gasteiger charge is -2.19. The van der Waals surface area contributed by atoms with Crippen molar-refractivity contribution in [3.63, 3.8) is 0 Å². The van der Waals surface area contributed by atoms with Crippen LogP contribution in [0, 0.1) is 5.41 Å². The normalized spacial score (nSPS) is 11.3. The summed E-state index contributed by atoms with van der Waals surface area (Å²) >= 11 is 0. The average molecular weight is 491 g/mol. The fourth-order valence-electron chi connectivity index (χ4n) is 3.10. The van der Waals surface area contributed by atoms with E-state index in [2.05, 4.69) is 21.3 Å². The number of nitrogens with one attached hydrogen (secondary N) is 5. The maximum Gasteiger partial charge on any atom is 0.242 e. The van der Waals surface area contributed by atoms with Gasteiger partial charge in [-0.2, -0.15) is 0 Å². The van der Waals surface area contributed by atoms with Gasteiger partial charge in [-0.25, -0.2) is 0 Å². The van der Waals surface area contributed by atoms with Gasteiger partial charge in [-0.1, -0.05) is 24.3 Å². The summed E-state index contributed by atoms with van der Waals surface area (Å²) in [5, 5.41) is 18.1. The van der Waals surface area contributed by atoms with Gasteiger partial charge in [0.1, 0.15) is 11.9 Å². The molecule has 0 bridgehead atoms. The van der Waals surface area contributed by atoms with Crippen molar-refractivity contribution < 1.29 is 19.2 Å². The summed E-state index contributed by atoms with van der Waals surface area (Å²) in [5.41, 5.74) is 17.5. The van der Waals surface area contributed by atoms with Crippen LogP contribution in [0.5, 0.6) is 0 Å². The first-order chi connectivity index (χ1) is 16.8. The van der Waals surface area contributed by atoms with Crippen LogP contribution in [0.4, 0.5) is 0 Å². The molecule has 0 spiro atoms. The molecular formula is C23H38N8O4. The van der Waals surface area contributed by atoms with Crippen LogP contribution < -0.4 is 38.5 Å². The Morgan fingerprint density at radius 2 is 1.51 bits per heavy atom. The van der Waals surface area contributed by atoms with Crippen LogP contribution in [0.3, 0.4) is 0 Å². The van der Waals surface area contributed by atoms with Gasteiger partial charge in [-0.3, -0.25) is 24.6 Å². The molecule has 12 nitrogen and oxygen atoms in total. The van der Waals surface area contributed by atoms with Gasteiger partial charge in [0.2, 0.25) is 23.6 Å². The number of hydrogen-bond acceptors (Lipinski definition) is 7. The molecule has 194 valence electrons. The Morgan fingerprint density at radius 1 is 0.829 bits per heavy atom.